The van der Waals surface area contributed by atoms with Crippen LogP contribution in [0.2, 0.25) is 0 Å². The summed E-state index contributed by atoms with van der Waals surface area (Å²) in [5.74, 6) is 0.819. The van der Waals surface area contributed by atoms with Gasteiger partial charge in [-0.3, -0.25) is 10.1 Å². The van der Waals surface area contributed by atoms with Gasteiger partial charge in [-0.15, -0.1) is 0 Å². The normalized spacial score (nSPS) is 21.1. The lowest BCUT2D eigenvalue weighted by atomic mass is 10.1. The van der Waals surface area contributed by atoms with Gasteiger partial charge in [-0.2, -0.15) is 0 Å². The van der Waals surface area contributed by atoms with Crippen molar-refractivity contribution in [2.45, 2.75) is 110 Å². The number of aliphatic imine (C=N–C) groups is 1. The summed E-state index contributed by atoms with van der Waals surface area (Å²) < 4.78 is 0. The largest absolute Gasteiger partial charge is 0.336 e. The van der Waals surface area contributed by atoms with Gasteiger partial charge in [0.2, 0.25) is 0 Å². The van der Waals surface area contributed by atoms with Crippen LogP contribution >= 0.6 is 11.8 Å². The van der Waals surface area contributed by atoms with Crippen LogP contribution in [0.3, 0.4) is 0 Å². The van der Waals surface area contributed by atoms with Gasteiger partial charge in [0.15, 0.2) is 17.4 Å². The highest BCUT2D eigenvalue weighted by Gasteiger charge is 2.48. The molecule has 2 aliphatic heterocycles. The highest BCUT2D eigenvalue weighted by atomic mass is 32.2. The van der Waals surface area contributed by atoms with E-state index < -0.39 is 0 Å². The van der Waals surface area contributed by atoms with Crippen molar-refractivity contribution in [2.24, 2.45) is 4.99 Å². The van der Waals surface area contributed by atoms with Crippen molar-refractivity contribution in [2.75, 3.05) is 19.3 Å². The molecular weight excluding hydrogens is 396 g/mol. The molecule has 172 valence electrons. The van der Waals surface area contributed by atoms with Crippen molar-refractivity contribution in [3.05, 3.63) is 0 Å². The summed E-state index contributed by atoms with van der Waals surface area (Å²) in [6, 6.07) is -0.720. The molecule has 6 nitrogen and oxygen atoms in total. The van der Waals surface area contributed by atoms with Crippen molar-refractivity contribution >= 4 is 28.9 Å². The number of amides is 3. The van der Waals surface area contributed by atoms with Crippen LogP contribution in [0, 0.1) is 0 Å². The number of amidine groups is 1. The summed E-state index contributed by atoms with van der Waals surface area (Å²) in [4.78, 5) is 33.2. The molecule has 0 aromatic heterocycles. The fourth-order valence-corrected chi connectivity index (χ4v) is 5.23. The van der Waals surface area contributed by atoms with Crippen molar-refractivity contribution in [1.82, 2.24) is 15.1 Å². The van der Waals surface area contributed by atoms with Crippen molar-refractivity contribution in [3.63, 3.8) is 0 Å². The van der Waals surface area contributed by atoms with Gasteiger partial charge in [-0.25, -0.2) is 9.79 Å². The molecule has 3 amide bonds. The van der Waals surface area contributed by atoms with Crippen molar-refractivity contribution < 1.29 is 9.59 Å². The minimum Gasteiger partial charge on any atom is -0.336 e. The molecule has 2 rings (SSSR count). The molecule has 0 aromatic rings. The number of thioether (sulfide) groups is 1. The summed E-state index contributed by atoms with van der Waals surface area (Å²) in [6.07, 6.45) is 16.0. The maximum atomic E-state index is 12.6. The van der Waals surface area contributed by atoms with E-state index >= 15 is 0 Å². The molecule has 0 aromatic carbocycles. The van der Waals surface area contributed by atoms with Crippen LogP contribution in [0.15, 0.2) is 4.99 Å². The van der Waals surface area contributed by atoms with Gasteiger partial charge in [0.1, 0.15) is 0 Å². The summed E-state index contributed by atoms with van der Waals surface area (Å²) in [5.41, 5.74) is 0. The third-order valence-corrected chi connectivity index (χ3v) is 7.15. The second kappa shape index (κ2) is 13.9. The number of nitrogens with one attached hydrogen (secondary N) is 1. The van der Waals surface area contributed by atoms with E-state index in [1.54, 1.807) is 23.7 Å². The predicted octanol–water partition coefficient (Wildman–Crippen LogP) is 5.38. The van der Waals surface area contributed by atoms with E-state index in [9.17, 15) is 9.59 Å². The molecule has 1 N–H and O–H groups in total. The van der Waals surface area contributed by atoms with Gasteiger partial charge in [-0.1, -0.05) is 96.2 Å². The first-order valence-electron chi connectivity index (χ1n) is 12.1. The quantitative estimate of drug-likeness (QED) is 0.349. The summed E-state index contributed by atoms with van der Waals surface area (Å²) in [5, 5.41) is 3.44. The number of nitrogens with zero attached hydrogens (tertiary/aromatic N) is 3. The Morgan fingerprint density at radius 1 is 0.867 bits per heavy atom. The van der Waals surface area contributed by atoms with Crippen LogP contribution in [-0.2, 0) is 4.79 Å². The monoisotopic (exact) mass is 438 g/mol. The average Bonchev–Trinajstić information content (AvgIpc) is 3.10. The Kier molecular flexibility index (Phi) is 11.6. The Morgan fingerprint density at radius 3 is 2.07 bits per heavy atom. The number of carbonyl (C=O) groups excluding carboxylic acids is 2. The molecule has 2 atom stereocenters. The first kappa shape index (κ1) is 25.0. The van der Waals surface area contributed by atoms with E-state index in [1.807, 2.05) is 0 Å². The van der Waals surface area contributed by atoms with Crippen LogP contribution in [-0.4, -0.2) is 58.5 Å². The van der Waals surface area contributed by atoms with Crippen molar-refractivity contribution in [3.8, 4) is 0 Å². The van der Waals surface area contributed by atoms with Crippen LogP contribution in [0.1, 0.15) is 97.3 Å². The summed E-state index contributed by atoms with van der Waals surface area (Å²) in [6.45, 7) is 5.32. The number of carbonyl (C=O) groups is 2. The maximum absolute atomic E-state index is 12.6. The third kappa shape index (κ3) is 7.47. The Hall–Kier alpha value is -1.24. The SMILES string of the molecule is CCCCCCCCCCN1C(SCCCCCCC)=NC2C1C(=O)NC(=O)N2C. The number of imide groups is 1. The summed E-state index contributed by atoms with van der Waals surface area (Å²) in [7, 11) is 1.73. The van der Waals surface area contributed by atoms with E-state index in [1.165, 1.54) is 77.0 Å². The van der Waals surface area contributed by atoms with Crippen LogP contribution in [0.5, 0.6) is 0 Å². The van der Waals surface area contributed by atoms with Crippen LogP contribution < -0.4 is 5.32 Å². The number of hydrogen-bond acceptors (Lipinski definition) is 5. The van der Waals surface area contributed by atoms with E-state index in [4.69, 9.17) is 4.99 Å². The minimum atomic E-state index is -0.386. The Bertz CT molecular complexity index is 569. The second-order valence-electron chi connectivity index (χ2n) is 8.61. The fourth-order valence-electron chi connectivity index (χ4n) is 4.14. The first-order chi connectivity index (χ1) is 14.6. The molecule has 0 aliphatic carbocycles. The molecule has 1 fully saturated rings. The van der Waals surface area contributed by atoms with E-state index in [2.05, 4.69) is 24.1 Å². The highest BCUT2D eigenvalue weighted by Crippen LogP contribution is 2.29. The Labute approximate surface area is 187 Å². The summed E-state index contributed by atoms with van der Waals surface area (Å²) >= 11 is 1.76. The van der Waals surface area contributed by atoms with E-state index in [0.717, 1.165) is 23.9 Å². The lowest BCUT2D eigenvalue weighted by Crippen LogP contribution is -2.63. The molecule has 2 heterocycles. The van der Waals surface area contributed by atoms with Gasteiger partial charge >= 0.3 is 6.03 Å². The lowest BCUT2D eigenvalue weighted by Gasteiger charge is -2.36. The minimum absolute atomic E-state index is 0.204. The molecule has 7 heteroatoms. The molecule has 1 saturated heterocycles. The zero-order chi connectivity index (χ0) is 21.8. The smallest absolute Gasteiger partial charge is 0.325 e. The number of likely N-dealkylation sites (N-methyl/N-ethyl adjacent to an activating group) is 1. The van der Waals surface area contributed by atoms with E-state index in [-0.39, 0.29) is 24.1 Å². The predicted molar refractivity (Wildman–Crippen MR) is 127 cm³/mol. The standard InChI is InChI=1S/C23H42N4O2S/c1-4-6-8-10-11-12-13-15-17-27-19-20(26(3)22(29)25-21(19)28)24-23(27)30-18-16-14-9-7-5-2/h19-20H,4-18H2,1-3H3,(H,25,28,29). The lowest BCUT2D eigenvalue weighted by molar-refractivity contribution is -0.127. The number of hydrogen-bond donors (Lipinski definition) is 1. The molecule has 2 unspecified atom stereocenters. The maximum Gasteiger partial charge on any atom is 0.325 e. The van der Waals surface area contributed by atoms with Gasteiger partial charge in [0.25, 0.3) is 5.91 Å². The number of unbranched alkanes of at least 4 members (excludes halogenated alkanes) is 11. The van der Waals surface area contributed by atoms with Gasteiger partial charge in [0, 0.05) is 19.3 Å². The van der Waals surface area contributed by atoms with E-state index in [0.29, 0.717) is 0 Å². The molecule has 2 aliphatic rings. The first-order valence-corrected chi connectivity index (χ1v) is 13.1. The number of fused-ring (bicyclic) bond motifs is 1. The molecule has 0 radical (unpaired) electrons. The number of rotatable bonds is 15. The Balaban J connectivity index is 1.84. The zero-order valence-corrected chi connectivity index (χ0v) is 20.1. The molecule has 30 heavy (non-hydrogen) atoms. The number of urea groups is 1. The third-order valence-electron chi connectivity index (χ3n) is 6.05. The Morgan fingerprint density at radius 2 is 1.43 bits per heavy atom. The zero-order valence-electron chi connectivity index (χ0n) is 19.3. The second-order valence-corrected chi connectivity index (χ2v) is 9.67. The highest BCUT2D eigenvalue weighted by molar-refractivity contribution is 8.13. The molecule has 0 spiro atoms. The average molecular weight is 439 g/mol. The molecular formula is C23H42N4O2S. The van der Waals surface area contributed by atoms with Crippen LogP contribution in [0.4, 0.5) is 4.79 Å². The fraction of sp³-hybridized carbons (Fsp3) is 0.870. The topological polar surface area (TPSA) is 65.0 Å². The van der Waals surface area contributed by atoms with Crippen molar-refractivity contribution in [1.29, 1.82) is 0 Å². The molecule has 0 saturated carbocycles. The van der Waals surface area contributed by atoms with Gasteiger partial charge in [-0.05, 0) is 12.8 Å². The van der Waals surface area contributed by atoms with Crippen LogP contribution in [0.25, 0.3) is 0 Å². The molecule has 0 bridgehead atoms. The van der Waals surface area contributed by atoms with Gasteiger partial charge < -0.3 is 9.80 Å². The van der Waals surface area contributed by atoms with Gasteiger partial charge in [0.05, 0.1) is 0 Å².